The number of anilines is 1. The molecule has 9 nitrogen and oxygen atoms in total. The second-order valence-electron chi connectivity index (χ2n) is 5.79. The van der Waals surface area contributed by atoms with Crippen molar-refractivity contribution in [1.29, 1.82) is 0 Å². The van der Waals surface area contributed by atoms with Crippen LogP contribution in [-0.4, -0.2) is 54.6 Å². The Labute approximate surface area is 167 Å². The molecular weight excluding hydrogens is 460 g/mol. The van der Waals surface area contributed by atoms with Crippen molar-refractivity contribution >= 4 is 54.6 Å². The quantitative estimate of drug-likeness (QED) is 0.410. The first-order valence-electron chi connectivity index (χ1n) is 7.79. The van der Waals surface area contributed by atoms with E-state index in [1.165, 1.54) is 27.4 Å². The number of nitrogen functional groups attached to an aromatic ring is 1. The summed E-state index contributed by atoms with van der Waals surface area (Å²) in [5, 5.41) is 11.0. The average molecular weight is 475 g/mol. The Balaban J connectivity index is 1.71. The van der Waals surface area contributed by atoms with Gasteiger partial charge >= 0.3 is 0 Å². The third kappa shape index (κ3) is 3.98. The van der Waals surface area contributed by atoms with Crippen molar-refractivity contribution in [2.45, 2.75) is 4.21 Å². The minimum atomic E-state index is -3.60. The van der Waals surface area contributed by atoms with Gasteiger partial charge in [0, 0.05) is 37.8 Å². The number of hydrogen-bond acceptors (Lipinski definition) is 7. The van der Waals surface area contributed by atoms with E-state index in [2.05, 4.69) is 15.9 Å². The third-order valence-electron chi connectivity index (χ3n) is 4.14. The molecule has 0 aliphatic carbocycles. The lowest BCUT2D eigenvalue weighted by Gasteiger charge is -2.33. The van der Waals surface area contributed by atoms with Crippen LogP contribution in [0.3, 0.4) is 0 Å². The number of nitrogens with zero attached hydrogens (tertiary/aromatic N) is 3. The summed E-state index contributed by atoms with van der Waals surface area (Å²) < 4.78 is 27.5. The molecule has 1 aromatic heterocycles. The van der Waals surface area contributed by atoms with Gasteiger partial charge in [0.1, 0.15) is 9.90 Å². The highest BCUT2D eigenvalue weighted by Crippen LogP contribution is 2.29. The predicted molar refractivity (Wildman–Crippen MR) is 104 cm³/mol. The Morgan fingerprint density at radius 3 is 2.41 bits per heavy atom. The summed E-state index contributed by atoms with van der Waals surface area (Å²) in [4.78, 5) is 24.4. The molecule has 1 saturated heterocycles. The van der Waals surface area contributed by atoms with Crippen LogP contribution in [0.5, 0.6) is 0 Å². The maximum absolute atomic E-state index is 12.6. The van der Waals surface area contributed by atoms with Gasteiger partial charge in [-0.3, -0.25) is 14.9 Å². The highest BCUT2D eigenvalue weighted by molar-refractivity contribution is 9.11. The molecule has 0 saturated carbocycles. The van der Waals surface area contributed by atoms with E-state index in [9.17, 15) is 23.3 Å². The number of nitrogens with two attached hydrogens (primary N) is 1. The number of benzene rings is 1. The molecule has 2 N–H and O–H groups in total. The van der Waals surface area contributed by atoms with Crippen LogP contribution in [0.25, 0.3) is 0 Å². The van der Waals surface area contributed by atoms with Crippen LogP contribution in [0.2, 0.25) is 0 Å². The summed E-state index contributed by atoms with van der Waals surface area (Å²) in [5.41, 5.74) is 5.35. The molecule has 27 heavy (non-hydrogen) atoms. The molecule has 3 rings (SSSR count). The van der Waals surface area contributed by atoms with E-state index in [-0.39, 0.29) is 47.3 Å². The second kappa shape index (κ2) is 7.54. The van der Waals surface area contributed by atoms with Crippen molar-refractivity contribution in [3.8, 4) is 0 Å². The Morgan fingerprint density at radius 2 is 1.85 bits per heavy atom. The number of thiophene rings is 1. The standard InChI is InChI=1S/C15H15BrN4O5S2/c16-13-3-4-14(26-13)27(24,25)19-7-5-18(6-8-19)15(21)10-1-2-11(17)12(9-10)20(22)23/h1-4,9H,5-8,17H2. The zero-order valence-corrected chi connectivity index (χ0v) is 17.1. The number of hydrogen-bond donors (Lipinski definition) is 1. The minimum Gasteiger partial charge on any atom is -0.393 e. The molecule has 1 aliphatic rings. The summed E-state index contributed by atoms with van der Waals surface area (Å²) in [5.74, 6) is -0.394. The molecule has 0 unspecified atom stereocenters. The van der Waals surface area contributed by atoms with Crippen molar-refractivity contribution in [1.82, 2.24) is 9.21 Å². The number of rotatable bonds is 4. The summed E-state index contributed by atoms with van der Waals surface area (Å²) >= 11 is 4.38. The van der Waals surface area contributed by atoms with Gasteiger partial charge in [-0.1, -0.05) is 0 Å². The fraction of sp³-hybridized carbons (Fsp3) is 0.267. The molecule has 0 spiro atoms. The van der Waals surface area contributed by atoms with Gasteiger partial charge in [-0.2, -0.15) is 4.31 Å². The number of nitro groups is 1. The third-order valence-corrected chi connectivity index (χ3v) is 8.13. The molecule has 0 radical (unpaired) electrons. The molecule has 1 amide bonds. The predicted octanol–water partition coefficient (Wildman–Crippen LogP) is 2.15. The van der Waals surface area contributed by atoms with Gasteiger partial charge in [-0.05, 0) is 40.2 Å². The monoisotopic (exact) mass is 474 g/mol. The average Bonchev–Trinajstić information content (AvgIpc) is 3.08. The number of halogens is 1. The van der Waals surface area contributed by atoms with Gasteiger partial charge in [0.15, 0.2) is 0 Å². The zero-order valence-electron chi connectivity index (χ0n) is 13.9. The summed E-state index contributed by atoms with van der Waals surface area (Å²) in [7, 11) is -3.60. The normalized spacial score (nSPS) is 15.7. The van der Waals surface area contributed by atoms with Crippen LogP contribution in [0.1, 0.15) is 10.4 Å². The van der Waals surface area contributed by atoms with Gasteiger partial charge in [-0.15, -0.1) is 11.3 Å². The van der Waals surface area contributed by atoms with Gasteiger partial charge in [0.2, 0.25) is 0 Å². The minimum absolute atomic E-state index is 0.0189. The van der Waals surface area contributed by atoms with Gasteiger partial charge < -0.3 is 10.6 Å². The van der Waals surface area contributed by atoms with E-state index in [1.807, 2.05) is 0 Å². The molecule has 0 bridgehead atoms. The first kappa shape index (κ1) is 19.7. The molecular formula is C15H15BrN4O5S2. The van der Waals surface area contributed by atoms with Crippen molar-refractivity contribution in [3.05, 3.63) is 49.8 Å². The lowest BCUT2D eigenvalue weighted by Crippen LogP contribution is -2.50. The first-order valence-corrected chi connectivity index (χ1v) is 10.8. The van der Waals surface area contributed by atoms with Crippen molar-refractivity contribution in [3.63, 3.8) is 0 Å². The molecule has 2 heterocycles. The van der Waals surface area contributed by atoms with E-state index < -0.39 is 20.9 Å². The molecule has 2 aromatic rings. The van der Waals surface area contributed by atoms with Gasteiger partial charge in [0.05, 0.1) is 8.71 Å². The largest absolute Gasteiger partial charge is 0.393 e. The molecule has 0 atom stereocenters. The van der Waals surface area contributed by atoms with E-state index in [4.69, 9.17) is 5.73 Å². The highest BCUT2D eigenvalue weighted by Gasteiger charge is 2.31. The van der Waals surface area contributed by atoms with Crippen LogP contribution >= 0.6 is 27.3 Å². The van der Waals surface area contributed by atoms with Crippen LogP contribution in [0, 0.1) is 10.1 Å². The van der Waals surface area contributed by atoms with Crippen LogP contribution in [0.4, 0.5) is 11.4 Å². The Kier molecular flexibility index (Phi) is 5.51. The number of carbonyl (C=O) groups excluding carboxylic acids is 1. The summed E-state index contributed by atoms with van der Waals surface area (Å²) in [6.45, 7) is 0.701. The van der Waals surface area contributed by atoms with E-state index in [0.717, 1.165) is 21.2 Å². The van der Waals surface area contributed by atoms with E-state index in [1.54, 1.807) is 6.07 Å². The zero-order chi connectivity index (χ0) is 19.8. The maximum atomic E-state index is 12.6. The van der Waals surface area contributed by atoms with Crippen molar-refractivity contribution < 1.29 is 18.1 Å². The Bertz CT molecular complexity index is 999. The number of sulfonamides is 1. The SMILES string of the molecule is Nc1ccc(C(=O)N2CCN(S(=O)(=O)c3ccc(Br)s3)CC2)cc1[N+](=O)[O-]. The lowest BCUT2D eigenvalue weighted by molar-refractivity contribution is -0.383. The molecule has 1 aromatic carbocycles. The summed E-state index contributed by atoms with van der Waals surface area (Å²) in [6.07, 6.45) is 0. The number of piperazine rings is 1. The van der Waals surface area contributed by atoms with E-state index in [0.29, 0.717) is 0 Å². The molecule has 1 aliphatic heterocycles. The van der Waals surface area contributed by atoms with Crippen molar-refractivity contribution in [2.75, 3.05) is 31.9 Å². The van der Waals surface area contributed by atoms with Crippen LogP contribution < -0.4 is 5.73 Å². The number of carbonyl (C=O) groups is 1. The molecule has 144 valence electrons. The first-order chi connectivity index (χ1) is 12.7. The summed E-state index contributed by atoms with van der Waals surface area (Å²) in [6, 6.07) is 7.10. The molecule has 1 fully saturated rings. The van der Waals surface area contributed by atoms with Crippen molar-refractivity contribution in [2.24, 2.45) is 0 Å². The maximum Gasteiger partial charge on any atom is 0.292 e. The van der Waals surface area contributed by atoms with Crippen LogP contribution in [-0.2, 0) is 10.0 Å². The highest BCUT2D eigenvalue weighted by atomic mass is 79.9. The number of amides is 1. The van der Waals surface area contributed by atoms with Gasteiger partial charge in [-0.25, -0.2) is 8.42 Å². The smallest absolute Gasteiger partial charge is 0.292 e. The Morgan fingerprint density at radius 1 is 1.19 bits per heavy atom. The number of nitro benzene ring substituents is 1. The molecule has 12 heteroatoms. The topological polar surface area (TPSA) is 127 Å². The van der Waals surface area contributed by atoms with E-state index >= 15 is 0 Å². The van der Waals surface area contributed by atoms with Crippen LogP contribution in [0.15, 0.2) is 38.3 Å². The Hall–Kier alpha value is -2.02. The lowest BCUT2D eigenvalue weighted by atomic mass is 10.1. The fourth-order valence-corrected chi connectivity index (χ4v) is 6.30. The fourth-order valence-electron chi connectivity index (χ4n) is 2.71. The van der Waals surface area contributed by atoms with Gasteiger partial charge in [0.25, 0.3) is 21.6 Å². The second-order valence-corrected chi connectivity index (χ2v) is 10.4.